The molecule has 24 nitrogen and oxygen atoms in total. The molecular formula is C92H211FN12O12SY-2. The molecule has 4 aliphatic rings. The van der Waals surface area contributed by atoms with Gasteiger partial charge in [-0.2, -0.15) is 11.8 Å². The van der Waals surface area contributed by atoms with Gasteiger partial charge in [-0.15, -0.1) is 19.6 Å². The zero-order valence-electron chi connectivity index (χ0n) is 61.5. The molecule has 0 spiro atoms. The normalized spacial score (nSPS) is 12.4. The Bertz CT molecular complexity index is 3000. The summed E-state index contributed by atoms with van der Waals surface area (Å²) in [4.78, 5) is 106. The second kappa shape index (κ2) is 111. The van der Waals surface area contributed by atoms with Crippen molar-refractivity contribution in [3.63, 3.8) is 0 Å². The number of halogens is 1. The maximum atomic E-state index is 15.3. The number of esters is 1. The molecule has 0 saturated carbocycles. The summed E-state index contributed by atoms with van der Waals surface area (Å²) < 4.78 is 22.1. The third kappa shape index (κ3) is 60.7. The van der Waals surface area contributed by atoms with Gasteiger partial charge in [0, 0.05) is 107 Å². The Morgan fingerprint density at radius 2 is 1.11 bits per heavy atom. The van der Waals surface area contributed by atoms with Crippen LogP contribution in [0.15, 0.2) is 60.4 Å². The van der Waals surface area contributed by atoms with E-state index in [1.54, 1.807) is 19.9 Å². The predicted octanol–water partition coefficient (Wildman–Crippen LogP) is 26.5. The molecule has 3 aliphatic heterocycles. The average Bonchev–Trinajstić information content (AvgIpc) is 1.59. The minimum absolute atomic E-state index is 0. The smallest absolute Gasteiger partial charge is 0.343 e. The Morgan fingerprint density at radius 1 is 0.655 bits per heavy atom. The summed E-state index contributed by atoms with van der Waals surface area (Å²) in [6.45, 7) is 34.1. The second-order valence-corrected chi connectivity index (χ2v) is 23.2. The van der Waals surface area contributed by atoms with Crippen LogP contribution >= 0.6 is 11.8 Å². The SMILES string of the molecule is C.C.C.C.C.C.C.C.C.C.C.C.C.C.C.C.C.C.C.C.C.C=C.CCC.CCC.CCCC.CCCCC.N.N.N.N.N.N.N.OCCCCO.[CH2-]CC(=O)CCC(=O)N[C@@H](Cc1ccccc1)C(=O)CCC(=O)CN[C@H]1CCc2c(C)c(F)cc3nc4c(c1c23)Cn1c-4cc2c(c1=O)COC(=O)[C@]2(O)CC.[CH2-]CN1C(=O)CC(SC)C1=O.[Y]. The number of cyclic esters (lactones) is 1. The van der Waals surface area contributed by atoms with Crippen LogP contribution in [0.3, 0.4) is 0 Å². The number of benzene rings is 2. The van der Waals surface area contributed by atoms with Crippen molar-refractivity contribution in [2.45, 2.75) is 383 Å². The Balaban J connectivity index is -0.0000000411. The third-order valence-electron chi connectivity index (χ3n) is 15.0. The summed E-state index contributed by atoms with van der Waals surface area (Å²) >= 11 is 1.42. The van der Waals surface area contributed by atoms with Gasteiger partial charge in [0.25, 0.3) is 5.56 Å². The Hall–Kier alpha value is -5.43. The molecule has 1 fully saturated rings. The van der Waals surface area contributed by atoms with Crippen LogP contribution in [0.4, 0.5) is 4.39 Å². The number of likely N-dealkylation sites (tertiary alicyclic amines) is 1. The van der Waals surface area contributed by atoms with Crippen LogP contribution in [0.5, 0.6) is 0 Å². The molecule has 1 aliphatic carbocycles. The van der Waals surface area contributed by atoms with Gasteiger partial charge in [0.15, 0.2) is 11.4 Å². The molecule has 3 amide bonds. The molecule has 4 aromatic rings. The van der Waals surface area contributed by atoms with Crippen LogP contribution in [0.2, 0.25) is 0 Å². The van der Waals surface area contributed by atoms with Crippen molar-refractivity contribution in [3.8, 4) is 11.4 Å². The van der Waals surface area contributed by atoms with Gasteiger partial charge in [0.05, 0.1) is 46.8 Å². The maximum absolute atomic E-state index is 15.3. The third-order valence-corrected chi connectivity index (χ3v) is 15.9. The number of imide groups is 1. The van der Waals surface area contributed by atoms with E-state index in [-0.39, 0.29) is 368 Å². The zero-order chi connectivity index (χ0) is 68.1. The first kappa shape index (κ1) is 201. The van der Waals surface area contributed by atoms with E-state index >= 15 is 4.39 Å². The van der Waals surface area contributed by atoms with Gasteiger partial charge in [-0.1, -0.05) is 300 Å². The molecule has 119 heavy (non-hydrogen) atoms. The minimum Gasteiger partial charge on any atom is -0.458 e. The molecule has 26 N–H and O–H groups in total. The Kier molecular flexibility index (Phi) is 187. The summed E-state index contributed by atoms with van der Waals surface area (Å²) in [5.74, 6) is -2.52. The van der Waals surface area contributed by atoms with Crippen molar-refractivity contribution in [2.75, 3.05) is 32.6 Å². The molecule has 1 unspecified atom stereocenters. The first-order valence-electron chi connectivity index (χ1n) is 32.2. The van der Waals surface area contributed by atoms with E-state index in [1.165, 1.54) is 72.2 Å². The molecule has 2 aromatic carbocycles. The number of nitrogens with zero attached hydrogens (tertiary/aromatic N) is 3. The number of Topliss-reactive ketones (excluding diaryl/α,β-unsaturated/α-hetero) is 3. The summed E-state index contributed by atoms with van der Waals surface area (Å²) in [5.41, 5.74) is 2.87. The minimum atomic E-state index is -2.00. The van der Waals surface area contributed by atoms with Crippen LogP contribution < -0.4 is 59.2 Å². The van der Waals surface area contributed by atoms with Crippen molar-refractivity contribution in [3.05, 3.63) is 125 Å². The van der Waals surface area contributed by atoms with Crippen LogP contribution in [0, 0.1) is 26.6 Å². The van der Waals surface area contributed by atoms with Gasteiger partial charge in [0.2, 0.25) is 17.7 Å². The van der Waals surface area contributed by atoms with E-state index in [0.717, 1.165) is 40.5 Å². The fraction of sp³-hybridized carbons (Fsp3) is 0.663. The number of amides is 3. The number of ketones is 3. The van der Waals surface area contributed by atoms with E-state index in [4.69, 9.17) is 19.9 Å². The molecule has 0 bridgehead atoms. The first-order valence-corrected chi connectivity index (χ1v) is 33.5. The van der Waals surface area contributed by atoms with E-state index < -0.39 is 34.9 Å². The number of fused-ring (bicyclic) bond motifs is 5. The van der Waals surface area contributed by atoms with Gasteiger partial charge in [-0.25, -0.2) is 14.2 Å². The number of rotatable bonds is 23. The second-order valence-electron chi connectivity index (χ2n) is 22.1. The van der Waals surface area contributed by atoms with Crippen molar-refractivity contribution in [1.29, 1.82) is 0 Å². The van der Waals surface area contributed by atoms with Crippen LogP contribution in [-0.2, 0) is 103 Å². The number of ether oxygens (including phenoxy) is 1. The number of aliphatic hydroxyl groups excluding tert-OH is 2. The quantitative estimate of drug-likeness (QED) is 0.00950. The van der Waals surface area contributed by atoms with Gasteiger partial charge in [-0.05, 0) is 80.0 Å². The number of nitrogens with one attached hydrogen (secondary N) is 2. The number of aryl methyl sites for hydroxylation is 1. The van der Waals surface area contributed by atoms with Crippen molar-refractivity contribution in [2.24, 2.45) is 0 Å². The number of aliphatic hydroxyl groups is 3. The summed E-state index contributed by atoms with van der Waals surface area (Å²) in [5, 5.41) is 34.3. The summed E-state index contributed by atoms with van der Waals surface area (Å²) in [6.07, 6.45) is 14.0. The predicted molar refractivity (Wildman–Crippen MR) is 537 cm³/mol. The fourth-order valence-electron chi connectivity index (χ4n) is 9.91. The summed E-state index contributed by atoms with van der Waals surface area (Å²) in [6, 6.07) is 11.0. The Labute approximate surface area is 769 Å². The number of thioether (sulfide) groups is 1. The van der Waals surface area contributed by atoms with Gasteiger partial charge in [-0.3, -0.25) is 28.8 Å². The van der Waals surface area contributed by atoms with E-state index in [0.29, 0.717) is 41.7 Å². The van der Waals surface area contributed by atoms with Gasteiger partial charge < -0.3 is 102 Å². The van der Waals surface area contributed by atoms with E-state index in [2.05, 4.69) is 93.0 Å². The number of carbonyl (C=O) groups is 7. The molecule has 27 heteroatoms. The zero-order valence-corrected chi connectivity index (χ0v) is 65.1. The van der Waals surface area contributed by atoms with Crippen molar-refractivity contribution < 1.29 is 90.7 Å². The topological polar surface area (TPSA) is 497 Å². The molecule has 8 rings (SSSR count). The number of unbranched alkanes of at least 4 members (excludes halogenated alkanes) is 4. The molecule has 5 heterocycles. The average molecular weight is 1820 g/mol. The molecule has 4 atom stereocenters. The fourth-order valence-corrected chi connectivity index (χ4v) is 10.5. The molecule has 1 radical (unpaired) electrons. The first-order chi connectivity index (χ1) is 43.1. The number of hydrogen-bond acceptors (Lipinski definition) is 22. The molecular weight excluding hydrogens is 1610 g/mol. The largest absolute Gasteiger partial charge is 0.458 e. The summed E-state index contributed by atoms with van der Waals surface area (Å²) in [7, 11) is 0. The standard InChI is InChI=1S/C43H44FN4O8.C7H10NO2S.C5H12.C4H10O2.C4H10.2C3H8.C2H4.21CH4.7H3N.Y/c1-4-25(49)12-16-37(52)46-33(17-24-9-7-6-8-10-24)36(51)15-11-26(50)20-45-32-14-13-27-23(3)31(44)19-34-38(27)39(32)28-21-48-35(40(28)47-34)18-30-29(41(48)53)22-56-42(54)43(30,55)5-2;1-3-8-6(9)4-5(11-2)7(8)10;1-3-5-4-2;5-3-1-2-4-6;1-3-4-2;2*1-3-2;1-2;;;;;;;;;;;;;;;;;;;;;;;;;;;;;/h6-10,18-19,32-33,45,55H,1,4-5,11-17,20-22H2,2-3H3,(H,46,52);5H,1,3-4H2,2H3;3-5H2,1-2H3;5-6H,1-4H2;3-4H2,1-2H3;2*3H2,1-2H3;1-2H2;21*1H4;7*1H3;/q2*-1;;;;;;;;;;;;;;;;;;;;;;;;;;;;;;;;;;;/t32-,33-,43-;;;;;;;;;;;;;;;;;;;;;;;;;;;;;;;;;;;;/m0..................................../s1. The van der Waals surface area contributed by atoms with Gasteiger partial charge in [0.1, 0.15) is 24.0 Å². The van der Waals surface area contributed by atoms with Crippen LogP contribution in [-0.4, -0.2) is 115 Å². The van der Waals surface area contributed by atoms with Crippen LogP contribution in [0.1, 0.15) is 372 Å². The van der Waals surface area contributed by atoms with Crippen LogP contribution in [0.25, 0.3) is 22.3 Å². The number of pyridine rings is 2. The number of hydrogen-bond donors (Lipinski definition) is 12. The maximum Gasteiger partial charge on any atom is 0.343 e. The molecule has 2 aromatic heterocycles. The number of carbonyl (C=O) groups excluding carboxylic acids is 7. The van der Waals surface area contributed by atoms with Crippen molar-refractivity contribution >= 4 is 63.7 Å². The molecule has 729 valence electrons. The van der Waals surface area contributed by atoms with E-state index in [9.17, 15) is 43.5 Å². The Morgan fingerprint density at radius 3 is 1.49 bits per heavy atom. The monoisotopic (exact) mass is 1820 g/mol. The van der Waals surface area contributed by atoms with Gasteiger partial charge >= 0.3 is 5.97 Å². The number of aromatic nitrogens is 2. The molecule has 1 saturated heterocycles. The van der Waals surface area contributed by atoms with Crippen molar-refractivity contribution in [1.82, 2.24) is 68.1 Å². The van der Waals surface area contributed by atoms with E-state index in [1.807, 2.05) is 36.6 Å².